The van der Waals surface area contributed by atoms with E-state index in [9.17, 15) is 14.4 Å². The van der Waals surface area contributed by atoms with Crippen LogP contribution >= 0.6 is 0 Å². The molecule has 18 heavy (non-hydrogen) atoms. The number of hydrogen-bond donors (Lipinski definition) is 2. The topological polar surface area (TPSA) is 80.2 Å². The summed E-state index contributed by atoms with van der Waals surface area (Å²) >= 11 is 0. The van der Waals surface area contributed by atoms with Gasteiger partial charge in [-0.15, -0.1) is 0 Å². The van der Waals surface area contributed by atoms with Crippen molar-refractivity contribution in [1.29, 1.82) is 0 Å². The molecule has 0 aliphatic rings. The van der Waals surface area contributed by atoms with Crippen LogP contribution in [-0.2, 0) is 16.1 Å². The van der Waals surface area contributed by atoms with E-state index in [1.807, 2.05) is 13.8 Å². The Morgan fingerprint density at radius 1 is 1.28 bits per heavy atom. The second kappa shape index (κ2) is 6.58. The van der Waals surface area contributed by atoms with Gasteiger partial charge in [0.1, 0.15) is 6.54 Å². The zero-order valence-corrected chi connectivity index (χ0v) is 10.5. The first kappa shape index (κ1) is 14.0. The van der Waals surface area contributed by atoms with Crippen molar-refractivity contribution < 1.29 is 9.59 Å². The second-order valence-corrected chi connectivity index (χ2v) is 4.17. The van der Waals surface area contributed by atoms with Gasteiger partial charge in [-0.2, -0.15) is 0 Å². The molecule has 0 saturated heterocycles. The monoisotopic (exact) mass is 251 g/mol. The molecule has 0 aliphatic carbocycles. The number of hydrogen-bond acceptors (Lipinski definition) is 3. The molecule has 1 aromatic heterocycles. The van der Waals surface area contributed by atoms with E-state index in [1.54, 1.807) is 12.1 Å². The number of nitrogens with zero attached hydrogens (tertiary/aromatic N) is 1. The Kier molecular flexibility index (Phi) is 5.10. The molecule has 98 valence electrons. The van der Waals surface area contributed by atoms with Crippen LogP contribution in [0.4, 0.5) is 0 Å². The standard InChI is InChI=1S/C12H17N3O3/c1-9(2)14-10(16)7-13-11(17)8-15-6-4-3-5-12(15)18/h3-6,9H,7-8H2,1-2H3,(H,13,17)(H,14,16). The van der Waals surface area contributed by atoms with Crippen LogP contribution in [0.5, 0.6) is 0 Å². The van der Waals surface area contributed by atoms with E-state index in [1.165, 1.54) is 16.8 Å². The fourth-order valence-electron chi connectivity index (χ4n) is 1.35. The van der Waals surface area contributed by atoms with Gasteiger partial charge in [0, 0.05) is 18.3 Å². The van der Waals surface area contributed by atoms with Gasteiger partial charge in [-0.1, -0.05) is 6.07 Å². The SMILES string of the molecule is CC(C)NC(=O)CNC(=O)Cn1ccccc1=O. The van der Waals surface area contributed by atoms with Gasteiger partial charge >= 0.3 is 0 Å². The van der Waals surface area contributed by atoms with Crippen molar-refractivity contribution in [1.82, 2.24) is 15.2 Å². The summed E-state index contributed by atoms with van der Waals surface area (Å²) in [5.74, 6) is -0.624. The van der Waals surface area contributed by atoms with E-state index in [0.717, 1.165) is 0 Å². The highest BCUT2D eigenvalue weighted by Gasteiger charge is 2.07. The van der Waals surface area contributed by atoms with Crippen molar-refractivity contribution in [3.63, 3.8) is 0 Å². The number of aromatic nitrogens is 1. The minimum atomic E-state index is -0.373. The molecule has 1 aromatic rings. The van der Waals surface area contributed by atoms with E-state index >= 15 is 0 Å². The fraction of sp³-hybridized carbons (Fsp3) is 0.417. The Labute approximate surface area is 105 Å². The molecule has 0 aliphatic heterocycles. The van der Waals surface area contributed by atoms with E-state index < -0.39 is 0 Å². The number of carbonyl (C=O) groups excluding carboxylic acids is 2. The van der Waals surface area contributed by atoms with E-state index in [-0.39, 0.29) is 36.5 Å². The summed E-state index contributed by atoms with van der Waals surface area (Å²) in [6.45, 7) is 3.50. The van der Waals surface area contributed by atoms with Crippen molar-refractivity contribution in [2.45, 2.75) is 26.4 Å². The van der Waals surface area contributed by atoms with Crippen molar-refractivity contribution in [3.8, 4) is 0 Å². The molecule has 6 heteroatoms. The molecule has 0 bridgehead atoms. The van der Waals surface area contributed by atoms with E-state index in [2.05, 4.69) is 10.6 Å². The van der Waals surface area contributed by atoms with Crippen molar-refractivity contribution in [2.75, 3.05) is 6.54 Å². The molecule has 2 N–H and O–H groups in total. The summed E-state index contributed by atoms with van der Waals surface area (Å²) in [4.78, 5) is 34.1. The molecule has 0 saturated carbocycles. The molecule has 2 amide bonds. The van der Waals surface area contributed by atoms with Crippen LogP contribution in [0.1, 0.15) is 13.8 Å². The summed E-state index contributed by atoms with van der Waals surface area (Å²) in [7, 11) is 0. The largest absolute Gasteiger partial charge is 0.352 e. The molecular weight excluding hydrogens is 234 g/mol. The summed E-state index contributed by atoms with van der Waals surface area (Å²) in [5.41, 5.74) is -0.251. The van der Waals surface area contributed by atoms with Crippen LogP contribution in [0.25, 0.3) is 0 Å². The normalized spacial score (nSPS) is 10.2. The third-order valence-corrected chi connectivity index (χ3v) is 2.11. The van der Waals surface area contributed by atoms with Crippen molar-refractivity contribution in [3.05, 3.63) is 34.7 Å². The molecule has 1 rings (SSSR count). The first-order valence-corrected chi connectivity index (χ1v) is 5.70. The molecule has 0 aromatic carbocycles. The number of carbonyl (C=O) groups is 2. The lowest BCUT2D eigenvalue weighted by atomic mass is 10.4. The molecule has 0 fully saturated rings. The first-order valence-electron chi connectivity index (χ1n) is 5.70. The van der Waals surface area contributed by atoms with Crippen molar-refractivity contribution in [2.24, 2.45) is 0 Å². The van der Waals surface area contributed by atoms with Gasteiger partial charge in [0.05, 0.1) is 6.54 Å². The second-order valence-electron chi connectivity index (χ2n) is 4.17. The number of amides is 2. The van der Waals surface area contributed by atoms with Gasteiger partial charge in [0.2, 0.25) is 11.8 Å². The molecular formula is C12H17N3O3. The Morgan fingerprint density at radius 2 is 2.00 bits per heavy atom. The first-order chi connectivity index (χ1) is 8.49. The van der Waals surface area contributed by atoms with E-state index in [0.29, 0.717) is 0 Å². The van der Waals surface area contributed by atoms with Crippen molar-refractivity contribution >= 4 is 11.8 Å². The van der Waals surface area contributed by atoms with Crippen LogP contribution in [0.3, 0.4) is 0 Å². The van der Waals surface area contributed by atoms with Crippen LogP contribution in [0.15, 0.2) is 29.2 Å². The lowest BCUT2D eigenvalue weighted by Crippen LogP contribution is -2.41. The van der Waals surface area contributed by atoms with Crippen LogP contribution in [-0.4, -0.2) is 29.0 Å². The Morgan fingerprint density at radius 3 is 2.61 bits per heavy atom. The highest BCUT2D eigenvalue weighted by molar-refractivity contribution is 5.84. The van der Waals surface area contributed by atoms with E-state index in [4.69, 9.17) is 0 Å². The molecule has 0 atom stereocenters. The zero-order chi connectivity index (χ0) is 13.5. The molecule has 0 radical (unpaired) electrons. The highest BCUT2D eigenvalue weighted by Crippen LogP contribution is 1.82. The zero-order valence-electron chi connectivity index (χ0n) is 10.5. The predicted octanol–water partition coefficient (Wildman–Crippen LogP) is -0.511. The minimum absolute atomic E-state index is 0.0335. The Bertz CT molecular complexity index is 479. The smallest absolute Gasteiger partial charge is 0.250 e. The number of pyridine rings is 1. The maximum atomic E-state index is 11.5. The summed E-state index contributed by atoms with van der Waals surface area (Å²) in [6.07, 6.45) is 1.52. The molecule has 6 nitrogen and oxygen atoms in total. The predicted molar refractivity (Wildman–Crippen MR) is 67.0 cm³/mol. The maximum Gasteiger partial charge on any atom is 0.250 e. The van der Waals surface area contributed by atoms with Crippen LogP contribution in [0, 0.1) is 0 Å². The van der Waals surface area contributed by atoms with Gasteiger partial charge in [0.15, 0.2) is 0 Å². The number of rotatable bonds is 5. The van der Waals surface area contributed by atoms with Gasteiger partial charge in [-0.25, -0.2) is 0 Å². The van der Waals surface area contributed by atoms with Gasteiger partial charge in [0.25, 0.3) is 5.56 Å². The quantitative estimate of drug-likeness (QED) is 0.739. The fourth-order valence-corrected chi connectivity index (χ4v) is 1.35. The lowest BCUT2D eigenvalue weighted by molar-refractivity contribution is -0.126. The molecule has 1 heterocycles. The highest BCUT2D eigenvalue weighted by atomic mass is 16.2. The average molecular weight is 251 g/mol. The summed E-state index contributed by atoms with van der Waals surface area (Å²) in [5, 5.41) is 5.10. The summed E-state index contributed by atoms with van der Waals surface area (Å²) in [6, 6.07) is 4.68. The Hall–Kier alpha value is -2.11. The lowest BCUT2D eigenvalue weighted by Gasteiger charge is -2.09. The molecule has 0 unspecified atom stereocenters. The Balaban J connectivity index is 2.41. The third kappa shape index (κ3) is 4.82. The minimum Gasteiger partial charge on any atom is -0.352 e. The van der Waals surface area contributed by atoms with Crippen LogP contribution in [0.2, 0.25) is 0 Å². The van der Waals surface area contributed by atoms with Gasteiger partial charge in [-0.3, -0.25) is 14.4 Å². The maximum absolute atomic E-state index is 11.5. The van der Waals surface area contributed by atoms with Gasteiger partial charge < -0.3 is 15.2 Å². The number of nitrogens with one attached hydrogen (secondary N) is 2. The molecule has 0 spiro atoms. The summed E-state index contributed by atoms with van der Waals surface area (Å²) < 4.78 is 1.27. The third-order valence-electron chi connectivity index (χ3n) is 2.11. The van der Waals surface area contributed by atoms with Crippen LogP contribution < -0.4 is 16.2 Å². The average Bonchev–Trinajstić information content (AvgIpc) is 2.29. The van der Waals surface area contributed by atoms with Gasteiger partial charge in [-0.05, 0) is 19.9 Å².